The van der Waals surface area contributed by atoms with Gasteiger partial charge in [-0.25, -0.2) is 12.8 Å². The fourth-order valence-corrected chi connectivity index (χ4v) is 5.81. The average molecular weight is 584 g/mol. The molecule has 0 fully saturated rings. The molecule has 3 aromatic rings. The van der Waals surface area contributed by atoms with E-state index in [0.717, 1.165) is 40.6 Å². The zero-order valence-electron chi connectivity index (χ0n) is 23.8. The van der Waals surface area contributed by atoms with E-state index in [4.69, 9.17) is 4.74 Å². The summed E-state index contributed by atoms with van der Waals surface area (Å²) in [7, 11) is -4.28. The zero-order chi connectivity index (χ0) is 29.8. The van der Waals surface area contributed by atoms with Crippen LogP contribution >= 0.6 is 0 Å². The van der Waals surface area contributed by atoms with Gasteiger partial charge in [0.25, 0.3) is 10.0 Å². The molecule has 0 aromatic heterocycles. The third kappa shape index (κ3) is 8.53. The summed E-state index contributed by atoms with van der Waals surface area (Å²) in [6.07, 6.45) is 1.57. The van der Waals surface area contributed by atoms with Crippen LogP contribution in [0.1, 0.15) is 39.2 Å². The molecule has 0 aliphatic heterocycles. The normalized spacial score (nSPS) is 11.9. The molecule has 41 heavy (non-hydrogen) atoms. The molecule has 10 heteroatoms. The first-order valence-corrected chi connectivity index (χ1v) is 15.3. The number of nitrogens with one attached hydrogen (secondary N) is 1. The average Bonchev–Trinajstić information content (AvgIpc) is 2.98. The Labute approximate surface area is 242 Å². The molecule has 0 unspecified atom stereocenters. The predicted octanol–water partition coefficient (Wildman–Crippen LogP) is 4.80. The maximum Gasteiger partial charge on any atom is 0.264 e. The lowest BCUT2D eigenvalue weighted by Gasteiger charge is -2.33. The van der Waals surface area contributed by atoms with Crippen molar-refractivity contribution in [3.05, 3.63) is 90.2 Å². The number of amides is 2. The van der Waals surface area contributed by atoms with E-state index in [0.29, 0.717) is 31.7 Å². The van der Waals surface area contributed by atoms with Crippen LogP contribution < -0.4 is 14.4 Å². The summed E-state index contributed by atoms with van der Waals surface area (Å²) < 4.78 is 47.8. The van der Waals surface area contributed by atoms with Crippen LogP contribution in [0.3, 0.4) is 0 Å². The summed E-state index contributed by atoms with van der Waals surface area (Å²) >= 11 is 0. The number of carbonyl (C=O) groups is 2. The summed E-state index contributed by atoms with van der Waals surface area (Å²) in [6.45, 7) is 6.15. The van der Waals surface area contributed by atoms with Gasteiger partial charge >= 0.3 is 0 Å². The molecule has 8 nitrogen and oxygen atoms in total. The number of rotatable bonds is 15. The number of carbonyl (C=O) groups excluding carboxylic acids is 2. The summed E-state index contributed by atoms with van der Waals surface area (Å²) in [6, 6.07) is 19.6. The van der Waals surface area contributed by atoms with E-state index in [-0.39, 0.29) is 23.0 Å². The van der Waals surface area contributed by atoms with E-state index in [9.17, 15) is 22.4 Å². The fraction of sp³-hybridized carbons (Fsp3) is 0.355. The van der Waals surface area contributed by atoms with E-state index in [1.165, 1.54) is 4.90 Å². The molecule has 0 saturated heterocycles. The highest BCUT2D eigenvalue weighted by Crippen LogP contribution is 2.27. The Bertz CT molecular complexity index is 1370. The number of anilines is 1. The molecule has 0 heterocycles. The van der Waals surface area contributed by atoms with Gasteiger partial charge in [-0.1, -0.05) is 44.2 Å². The van der Waals surface area contributed by atoms with Crippen LogP contribution in [-0.4, -0.2) is 57.4 Å². The van der Waals surface area contributed by atoms with Crippen molar-refractivity contribution in [2.24, 2.45) is 0 Å². The number of hydrogen-bond donors (Lipinski definition) is 1. The van der Waals surface area contributed by atoms with E-state index >= 15 is 0 Å². The van der Waals surface area contributed by atoms with Crippen LogP contribution in [0.15, 0.2) is 83.8 Å². The first kappa shape index (κ1) is 31.6. The molecule has 1 N–H and O–H groups in total. The van der Waals surface area contributed by atoms with Gasteiger partial charge in [0.15, 0.2) is 0 Å². The van der Waals surface area contributed by atoms with Crippen LogP contribution in [0.4, 0.5) is 10.1 Å². The minimum absolute atomic E-state index is 0.163. The Morgan fingerprint density at radius 1 is 0.927 bits per heavy atom. The van der Waals surface area contributed by atoms with Crippen molar-refractivity contribution in [3.8, 4) is 5.75 Å². The van der Waals surface area contributed by atoms with Gasteiger partial charge in [0.1, 0.15) is 24.2 Å². The summed E-state index contributed by atoms with van der Waals surface area (Å²) in [5.41, 5.74) is 1.22. The van der Waals surface area contributed by atoms with E-state index < -0.39 is 34.3 Å². The molecule has 1 atom stereocenters. The molecule has 0 radical (unpaired) electrons. The molecule has 0 aliphatic carbocycles. The standard InChI is InChI=1S/C31H38FN3O5S/c1-4-21-33-31(37)29(5-2)34(22-20-24-10-8-7-9-11-24)30(36)23-35(26-14-16-27(17-15-26)40-6-3)41(38,39)28-18-12-25(32)13-19-28/h7-19,29H,4-6,20-23H2,1-3H3,(H,33,37)/t29-/m0/s1. The third-order valence-corrected chi connectivity index (χ3v) is 8.32. The summed E-state index contributed by atoms with van der Waals surface area (Å²) in [5.74, 6) is -0.850. The monoisotopic (exact) mass is 583 g/mol. The number of hydrogen-bond acceptors (Lipinski definition) is 5. The second-order valence-electron chi connectivity index (χ2n) is 9.43. The molecular formula is C31H38FN3O5S. The lowest BCUT2D eigenvalue weighted by molar-refractivity contribution is -0.139. The van der Waals surface area contributed by atoms with Crippen molar-refractivity contribution in [1.29, 1.82) is 0 Å². The molecular weight excluding hydrogens is 545 g/mol. The number of halogens is 1. The molecule has 0 saturated carbocycles. The van der Waals surface area contributed by atoms with Gasteiger partial charge in [-0.15, -0.1) is 0 Å². The fourth-order valence-electron chi connectivity index (χ4n) is 4.40. The van der Waals surface area contributed by atoms with Crippen LogP contribution in [0.25, 0.3) is 0 Å². The first-order valence-electron chi connectivity index (χ1n) is 13.8. The van der Waals surface area contributed by atoms with Crippen molar-refractivity contribution in [2.45, 2.75) is 51.0 Å². The topological polar surface area (TPSA) is 96.0 Å². The highest BCUT2D eigenvalue weighted by molar-refractivity contribution is 7.92. The molecule has 3 rings (SSSR count). The van der Waals surface area contributed by atoms with Crippen molar-refractivity contribution in [1.82, 2.24) is 10.2 Å². The van der Waals surface area contributed by atoms with Gasteiger partial charge < -0.3 is 15.0 Å². The number of ether oxygens (including phenoxy) is 1. The number of sulfonamides is 1. The molecule has 0 bridgehead atoms. The van der Waals surface area contributed by atoms with E-state index in [1.54, 1.807) is 24.3 Å². The number of benzene rings is 3. The van der Waals surface area contributed by atoms with Crippen LogP contribution in [-0.2, 0) is 26.0 Å². The van der Waals surface area contributed by atoms with E-state index in [2.05, 4.69) is 5.32 Å². The van der Waals surface area contributed by atoms with Gasteiger partial charge in [0.2, 0.25) is 11.8 Å². The quantitative estimate of drug-likeness (QED) is 0.278. The Kier molecular flexibility index (Phi) is 11.7. The van der Waals surface area contributed by atoms with Gasteiger partial charge in [-0.05, 0) is 80.3 Å². The lowest BCUT2D eigenvalue weighted by atomic mass is 10.1. The Morgan fingerprint density at radius 3 is 2.17 bits per heavy atom. The highest BCUT2D eigenvalue weighted by Gasteiger charge is 2.33. The molecule has 2 amide bonds. The second-order valence-corrected chi connectivity index (χ2v) is 11.3. The Balaban J connectivity index is 2.00. The summed E-state index contributed by atoms with van der Waals surface area (Å²) in [4.78, 5) is 28.4. The van der Waals surface area contributed by atoms with Crippen molar-refractivity contribution >= 4 is 27.5 Å². The Hall–Kier alpha value is -3.92. The molecule has 0 aliphatic rings. The maximum absolute atomic E-state index is 14.0. The van der Waals surface area contributed by atoms with Crippen LogP contribution in [0.2, 0.25) is 0 Å². The highest BCUT2D eigenvalue weighted by atomic mass is 32.2. The number of nitrogens with zero attached hydrogens (tertiary/aromatic N) is 2. The SMILES string of the molecule is CCCNC(=O)[C@H](CC)N(CCc1ccccc1)C(=O)CN(c1ccc(OCC)cc1)S(=O)(=O)c1ccc(F)cc1. The minimum Gasteiger partial charge on any atom is -0.494 e. The largest absolute Gasteiger partial charge is 0.494 e. The minimum atomic E-state index is -4.28. The van der Waals surface area contributed by atoms with Crippen molar-refractivity contribution in [2.75, 3.05) is 30.5 Å². The smallest absolute Gasteiger partial charge is 0.264 e. The lowest BCUT2D eigenvalue weighted by Crippen LogP contribution is -2.53. The maximum atomic E-state index is 14.0. The van der Waals surface area contributed by atoms with Crippen molar-refractivity contribution in [3.63, 3.8) is 0 Å². The molecule has 3 aromatic carbocycles. The molecule has 220 valence electrons. The van der Waals surface area contributed by atoms with Gasteiger partial charge in [-0.2, -0.15) is 0 Å². The van der Waals surface area contributed by atoms with Gasteiger partial charge in [0.05, 0.1) is 17.2 Å². The summed E-state index contributed by atoms with van der Waals surface area (Å²) in [5, 5.41) is 2.87. The van der Waals surface area contributed by atoms with Gasteiger partial charge in [-0.3, -0.25) is 13.9 Å². The van der Waals surface area contributed by atoms with Gasteiger partial charge in [0, 0.05) is 13.1 Å². The van der Waals surface area contributed by atoms with Crippen molar-refractivity contribution < 1.29 is 27.1 Å². The Morgan fingerprint density at radius 2 is 1.59 bits per heavy atom. The second kappa shape index (κ2) is 15.2. The van der Waals surface area contributed by atoms with Crippen LogP contribution in [0.5, 0.6) is 5.75 Å². The van der Waals surface area contributed by atoms with Crippen LogP contribution in [0, 0.1) is 5.82 Å². The zero-order valence-corrected chi connectivity index (χ0v) is 24.6. The molecule has 0 spiro atoms. The third-order valence-electron chi connectivity index (χ3n) is 6.54. The first-order chi connectivity index (χ1) is 19.7. The van der Waals surface area contributed by atoms with E-state index in [1.807, 2.05) is 51.1 Å². The predicted molar refractivity (Wildman–Crippen MR) is 158 cm³/mol.